The normalized spacial score (nSPS) is 21.5. The Hall–Kier alpha value is -1.30. The van der Waals surface area contributed by atoms with Crippen LogP contribution in [0, 0.1) is 0 Å². The average Bonchev–Trinajstić information content (AvgIpc) is 2.34. The number of ether oxygens (including phenoxy) is 1. The van der Waals surface area contributed by atoms with Gasteiger partial charge in [-0.25, -0.2) is 4.79 Å². The van der Waals surface area contributed by atoms with E-state index in [1.54, 1.807) is 4.90 Å². The van der Waals surface area contributed by atoms with Crippen LogP contribution < -0.4 is 0 Å². The number of hydrogen-bond acceptors (Lipinski definition) is 3. The van der Waals surface area contributed by atoms with Crippen LogP contribution in [0.25, 0.3) is 0 Å². The Balaban J connectivity index is 2.76. The third-order valence-electron chi connectivity index (χ3n) is 3.29. The SMILES string of the molecule is CCC(C)N(CC(=O)O)C(=O)N1CCOCC1C. The summed E-state index contributed by atoms with van der Waals surface area (Å²) in [5, 5.41) is 8.90. The van der Waals surface area contributed by atoms with Gasteiger partial charge in [0.15, 0.2) is 0 Å². The molecule has 1 fully saturated rings. The minimum absolute atomic E-state index is 0.00778. The number of morpholine rings is 1. The second kappa shape index (κ2) is 6.58. The first-order chi connectivity index (χ1) is 8.47. The molecule has 1 heterocycles. The van der Waals surface area contributed by atoms with Crippen molar-refractivity contribution in [3.8, 4) is 0 Å². The Morgan fingerprint density at radius 1 is 1.56 bits per heavy atom. The topological polar surface area (TPSA) is 70.1 Å². The molecule has 0 aromatic rings. The van der Waals surface area contributed by atoms with Gasteiger partial charge in [-0.3, -0.25) is 4.79 Å². The summed E-state index contributed by atoms with van der Waals surface area (Å²) >= 11 is 0. The van der Waals surface area contributed by atoms with E-state index >= 15 is 0 Å². The summed E-state index contributed by atoms with van der Waals surface area (Å²) in [6, 6.07) is -0.294. The maximum Gasteiger partial charge on any atom is 0.323 e. The first-order valence-corrected chi connectivity index (χ1v) is 6.34. The summed E-state index contributed by atoms with van der Waals surface area (Å²) in [5.41, 5.74) is 0. The Kier molecular flexibility index (Phi) is 5.40. The van der Waals surface area contributed by atoms with E-state index in [1.165, 1.54) is 4.90 Å². The molecule has 1 saturated heterocycles. The first kappa shape index (κ1) is 14.8. The summed E-state index contributed by atoms with van der Waals surface area (Å²) in [4.78, 5) is 26.4. The van der Waals surface area contributed by atoms with Crippen LogP contribution in [0.1, 0.15) is 27.2 Å². The molecule has 6 heteroatoms. The number of hydrogen-bond donors (Lipinski definition) is 1. The fourth-order valence-corrected chi connectivity index (χ4v) is 1.95. The Morgan fingerprint density at radius 3 is 2.72 bits per heavy atom. The predicted molar refractivity (Wildman–Crippen MR) is 66.5 cm³/mol. The van der Waals surface area contributed by atoms with Crippen molar-refractivity contribution in [1.29, 1.82) is 0 Å². The molecule has 0 spiro atoms. The molecular weight excluding hydrogens is 236 g/mol. The molecule has 0 bridgehead atoms. The highest BCUT2D eigenvalue weighted by Gasteiger charge is 2.30. The van der Waals surface area contributed by atoms with Crippen molar-refractivity contribution >= 4 is 12.0 Å². The molecule has 0 radical (unpaired) electrons. The first-order valence-electron chi connectivity index (χ1n) is 6.34. The average molecular weight is 258 g/mol. The molecule has 6 nitrogen and oxygen atoms in total. The van der Waals surface area contributed by atoms with Crippen LogP contribution in [0.15, 0.2) is 0 Å². The molecule has 2 unspecified atom stereocenters. The predicted octanol–water partition coefficient (Wildman–Crippen LogP) is 1.01. The Labute approximate surface area is 107 Å². The number of carboxylic acids is 1. The highest BCUT2D eigenvalue weighted by atomic mass is 16.5. The molecule has 2 atom stereocenters. The summed E-state index contributed by atoms with van der Waals surface area (Å²) in [7, 11) is 0. The third kappa shape index (κ3) is 3.60. The number of carboxylic acid groups (broad SMARTS) is 1. The van der Waals surface area contributed by atoms with Crippen molar-refractivity contribution in [1.82, 2.24) is 9.80 Å². The van der Waals surface area contributed by atoms with E-state index in [2.05, 4.69) is 0 Å². The summed E-state index contributed by atoms with van der Waals surface area (Å²) in [5.74, 6) is -0.982. The third-order valence-corrected chi connectivity index (χ3v) is 3.29. The zero-order chi connectivity index (χ0) is 13.7. The highest BCUT2D eigenvalue weighted by molar-refractivity contribution is 5.80. The van der Waals surface area contributed by atoms with Crippen LogP contribution in [0.5, 0.6) is 0 Å². The van der Waals surface area contributed by atoms with Gasteiger partial charge in [0.2, 0.25) is 0 Å². The van der Waals surface area contributed by atoms with E-state index in [9.17, 15) is 9.59 Å². The van der Waals surface area contributed by atoms with Crippen LogP contribution in [0.2, 0.25) is 0 Å². The molecule has 104 valence electrons. The zero-order valence-electron chi connectivity index (χ0n) is 11.3. The minimum Gasteiger partial charge on any atom is -0.480 e. The summed E-state index contributed by atoms with van der Waals surface area (Å²) in [6.07, 6.45) is 0.734. The number of nitrogens with zero attached hydrogens (tertiary/aromatic N) is 2. The molecular formula is C12H22N2O4. The highest BCUT2D eigenvalue weighted by Crippen LogP contribution is 2.13. The van der Waals surface area contributed by atoms with Gasteiger partial charge < -0.3 is 19.6 Å². The van der Waals surface area contributed by atoms with Crippen LogP contribution >= 0.6 is 0 Å². The van der Waals surface area contributed by atoms with E-state index in [0.29, 0.717) is 19.8 Å². The Morgan fingerprint density at radius 2 is 2.22 bits per heavy atom. The number of rotatable bonds is 4. The molecule has 0 saturated carbocycles. The molecule has 1 aliphatic heterocycles. The van der Waals surface area contributed by atoms with E-state index in [-0.39, 0.29) is 24.7 Å². The van der Waals surface area contributed by atoms with Gasteiger partial charge in [0.1, 0.15) is 6.54 Å². The van der Waals surface area contributed by atoms with Gasteiger partial charge >= 0.3 is 12.0 Å². The largest absolute Gasteiger partial charge is 0.480 e. The number of urea groups is 1. The number of aliphatic carboxylic acids is 1. The lowest BCUT2D eigenvalue weighted by Crippen LogP contribution is -2.55. The fraction of sp³-hybridized carbons (Fsp3) is 0.833. The molecule has 1 aliphatic rings. The van der Waals surface area contributed by atoms with Gasteiger partial charge in [0, 0.05) is 12.6 Å². The minimum atomic E-state index is -0.982. The van der Waals surface area contributed by atoms with Gasteiger partial charge in [-0.1, -0.05) is 6.92 Å². The van der Waals surface area contributed by atoms with Crippen molar-refractivity contribution in [2.75, 3.05) is 26.3 Å². The molecule has 18 heavy (non-hydrogen) atoms. The quantitative estimate of drug-likeness (QED) is 0.817. The molecule has 0 aliphatic carbocycles. The molecule has 1 rings (SSSR count). The second-order valence-corrected chi connectivity index (χ2v) is 4.68. The van der Waals surface area contributed by atoms with Gasteiger partial charge in [-0.05, 0) is 20.3 Å². The lowest BCUT2D eigenvalue weighted by atomic mass is 10.2. The van der Waals surface area contributed by atoms with Crippen molar-refractivity contribution in [3.05, 3.63) is 0 Å². The van der Waals surface area contributed by atoms with Crippen molar-refractivity contribution in [3.63, 3.8) is 0 Å². The van der Waals surface area contributed by atoms with Gasteiger partial charge in [-0.2, -0.15) is 0 Å². The summed E-state index contributed by atoms with van der Waals surface area (Å²) in [6.45, 7) is 7.00. The monoisotopic (exact) mass is 258 g/mol. The standard InChI is InChI=1S/C12H22N2O4/c1-4-9(2)14(7-11(15)16)12(17)13-5-6-18-8-10(13)3/h9-10H,4-8H2,1-3H3,(H,15,16). The van der Waals surface area contributed by atoms with Crippen LogP contribution in [-0.2, 0) is 9.53 Å². The van der Waals surface area contributed by atoms with Crippen molar-refractivity contribution in [2.24, 2.45) is 0 Å². The lowest BCUT2D eigenvalue weighted by molar-refractivity contribution is -0.138. The number of carbonyl (C=O) groups is 2. The Bertz CT molecular complexity index is 308. The molecule has 0 aromatic heterocycles. The fourth-order valence-electron chi connectivity index (χ4n) is 1.95. The smallest absolute Gasteiger partial charge is 0.323 e. The zero-order valence-corrected chi connectivity index (χ0v) is 11.3. The van der Waals surface area contributed by atoms with E-state index in [0.717, 1.165) is 6.42 Å². The van der Waals surface area contributed by atoms with Crippen LogP contribution in [0.3, 0.4) is 0 Å². The van der Waals surface area contributed by atoms with Crippen molar-refractivity contribution < 1.29 is 19.4 Å². The van der Waals surface area contributed by atoms with Gasteiger partial charge in [-0.15, -0.1) is 0 Å². The summed E-state index contributed by atoms with van der Waals surface area (Å²) < 4.78 is 5.28. The second-order valence-electron chi connectivity index (χ2n) is 4.68. The van der Waals surface area contributed by atoms with E-state index < -0.39 is 5.97 Å². The van der Waals surface area contributed by atoms with Gasteiger partial charge in [0.05, 0.1) is 19.3 Å². The van der Waals surface area contributed by atoms with Crippen molar-refractivity contribution in [2.45, 2.75) is 39.3 Å². The van der Waals surface area contributed by atoms with Crippen LogP contribution in [-0.4, -0.2) is 65.3 Å². The van der Waals surface area contributed by atoms with Gasteiger partial charge in [0.25, 0.3) is 0 Å². The number of carbonyl (C=O) groups excluding carboxylic acids is 1. The maximum absolute atomic E-state index is 12.4. The lowest BCUT2D eigenvalue weighted by Gasteiger charge is -2.38. The maximum atomic E-state index is 12.4. The molecule has 0 aromatic carbocycles. The number of amides is 2. The van der Waals surface area contributed by atoms with E-state index in [4.69, 9.17) is 9.84 Å². The molecule has 1 N–H and O–H groups in total. The van der Waals surface area contributed by atoms with E-state index in [1.807, 2.05) is 20.8 Å². The molecule has 2 amide bonds. The van der Waals surface area contributed by atoms with Crippen LogP contribution in [0.4, 0.5) is 4.79 Å².